The van der Waals surface area contributed by atoms with Crippen LogP contribution in [0.2, 0.25) is 0 Å². The van der Waals surface area contributed by atoms with Crippen molar-refractivity contribution in [2.45, 2.75) is 38.9 Å². The molecule has 0 radical (unpaired) electrons. The lowest BCUT2D eigenvalue weighted by molar-refractivity contribution is 0.0627. The van der Waals surface area contributed by atoms with Crippen LogP contribution in [0.4, 0.5) is 0 Å². The third-order valence-electron chi connectivity index (χ3n) is 3.45. The molecule has 16 heavy (non-hydrogen) atoms. The summed E-state index contributed by atoms with van der Waals surface area (Å²) in [5, 5.41) is 3.55. The van der Waals surface area contributed by atoms with Gasteiger partial charge in [-0.25, -0.2) is 0 Å². The normalized spacial score (nSPS) is 25.6. The summed E-state index contributed by atoms with van der Waals surface area (Å²) in [5.41, 5.74) is 1.66. The smallest absolute Gasteiger partial charge is 0.0281 e. The van der Waals surface area contributed by atoms with Crippen LogP contribution in [0.1, 0.15) is 26.3 Å². The van der Waals surface area contributed by atoms with Crippen molar-refractivity contribution in [2.75, 3.05) is 13.1 Å². The number of rotatable bonds is 2. The predicted octanol–water partition coefficient (Wildman–Crippen LogP) is 2.26. The molecule has 0 bridgehead atoms. The van der Waals surface area contributed by atoms with E-state index in [0.29, 0.717) is 6.04 Å². The number of piperazine rings is 1. The maximum Gasteiger partial charge on any atom is 0.0281 e. The van der Waals surface area contributed by atoms with E-state index in [0.717, 1.165) is 19.6 Å². The molecule has 1 saturated heterocycles. The van der Waals surface area contributed by atoms with Crippen molar-refractivity contribution in [1.29, 1.82) is 0 Å². The molecule has 1 unspecified atom stereocenters. The first-order valence-corrected chi connectivity index (χ1v) is 6.10. The third-order valence-corrected chi connectivity index (χ3v) is 3.45. The highest BCUT2D eigenvalue weighted by atomic mass is 15.3. The zero-order valence-electron chi connectivity index (χ0n) is 10.5. The summed E-state index contributed by atoms with van der Waals surface area (Å²) >= 11 is 0. The van der Waals surface area contributed by atoms with E-state index in [1.807, 2.05) is 0 Å². The molecule has 0 saturated carbocycles. The lowest BCUT2D eigenvalue weighted by Gasteiger charge is -2.45. The minimum atomic E-state index is 0.252. The SMILES string of the molecule is CC1CN(Cc2ccccc2)C(C)(C)CN1. The van der Waals surface area contributed by atoms with Gasteiger partial charge in [0.2, 0.25) is 0 Å². The lowest BCUT2D eigenvalue weighted by atomic mass is 9.97. The highest BCUT2D eigenvalue weighted by molar-refractivity contribution is 5.15. The van der Waals surface area contributed by atoms with Gasteiger partial charge in [-0.05, 0) is 26.3 Å². The molecule has 0 aliphatic carbocycles. The molecule has 1 aliphatic rings. The fourth-order valence-corrected chi connectivity index (χ4v) is 2.26. The van der Waals surface area contributed by atoms with E-state index in [1.165, 1.54) is 5.56 Å². The van der Waals surface area contributed by atoms with Crippen LogP contribution in [0.3, 0.4) is 0 Å². The van der Waals surface area contributed by atoms with Crippen molar-refractivity contribution in [3.8, 4) is 0 Å². The monoisotopic (exact) mass is 218 g/mol. The van der Waals surface area contributed by atoms with E-state index >= 15 is 0 Å². The minimum absolute atomic E-state index is 0.252. The number of nitrogens with zero attached hydrogens (tertiary/aromatic N) is 1. The molecular weight excluding hydrogens is 196 g/mol. The van der Waals surface area contributed by atoms with Crippen molar-refractivity contribution >= 4 is 0 Å². The van der Waals surface area contributed by atoms with Gasteiger partial charge in [-0.15, -0.1) is 0 Å². The van der Waals surface area contributed by atoms with Crippen LogP contribution in [0.25, 0.3) is 0 Å². The molecule has 0 aromatic heterocycles. The molecule has 1 aromatic carbocycles. The van der Waals surface area contributed by atoms with E-state index in [2.05, 4.69) is 61.3 Å². The Morgan fingerprint density at radius 2 is 2.00 bits per heavy atom. The Labute approximate surface area is 98.7 Å². The van der Waals surface area contributed by atoms with E-state index < -0.39 is 0 Å². The van der Waals surface area contributed by atoms with Crippen LogP contribution in [0.15, 0.2) is 30.3 Å². The van der Waals surface area contributed by atoms with Gasteiger partial charge in [0.05, 0.1) is 0 Å². The van der Waals surface area contributed by atoms with Crippen LogP contribution in [0, 0.1) is 0 Å². The topological polar surface area (TPSA) is 15.3 Å². The molecule has 2 heteroatoms. The second-order valence-corrected chi connectivity index (χ2v) is 5.46. The average Bonchev–Trinajstić information content (AvgIpc) is 2.26. The first-order chi connectivity index (χ1) is 7.58. The van der Waals surface area contributed by atoms with Crippen molar-refractivity contribution in [1.82, 2.24) is 10.2 Å². The highest BCUT2D eigenvalue weighted by Gasteiger charge is 2.31. The van der Waals surface area contributed by atoms with Gasteiger partial charge >= 0.3 is 0 Å². The second kappa shape index (κ2) is 4.56. The van der Waals surface area contributed by atoms with Gasteiger partial charge in [-0.1, -0.05) is 30.3 Å². The standard InChI is InChI=1S/C14H22N2/c1-12-9-16(14(2,3)11-15-12)10-13-7-5-4-6-8-13/h4-8,12,15H,9-11H2,1-3H3. The molecule has 0 spiro atoms. The second-order valence-electron chi connectivity index (χ2n) is 5.46. The molecule has 88 valence electrons. The average molecular weight is 218 g/mol. The lowest BCUT2D eigenvalue weighted by Crippen LogP contribution is -2.60. The summed E-state index contributed by atoms with van der Waals surface area (Å²) in [5.74, 6) is 0. The fraction of sp³-hybridized carbons (Fsp3) is 0.571. The van der Waals surface area contributed by atoms with Crippen molar-refractivity contribution in [3.05, 3.63) is 35.9 Å². The Balaban J connectivity index is 2.07. The number of hydrogen-bond acceptors (Lipinski definition) is 2. The van der Waals surface area contributed by atoms with Crippen molar-refractivity contribution in [3.63, 3.8) is 0 Å². The van der Waals surface area contributed by atoms with E-state index in [9.17, 15) is 0 Å². The zero-order chi connectivity index (χ0) is 11.6. The molecule has 2 nitrogen and oxygen atoms in total. The minimum Gasteiger partial charge on any atom is -0.311 e. The van der Waals surface area contributed by atoms with Crippen LogP contribution in [-0.4, -0.2) is 29.6 Å². The van der Waals surface area contributed by atoms with Gasteiger partial charge in [0.1, 0.15) is 0 Å². The first-order valence-electron chi connectivity index (χ1n) is 6.10. The third kappa shape index (κ3) is 2.63. The molecule has 1 aromatic rings. The number of nitrogens with one attached hydrogen (secondary N) is 1. The first kappa shape index (κ1) is 11.6. The summed E-state index contributed by atoms with van der Waals surface area (Å²) in [6, 6.07) is 11.3. The Kier molecular flexibility index (Phi) is 3.31. The summed E-state index contributed by atoms with van der Waals surface area (Å²) in [6.45, 7) is 10.1. The molecule has 1 N–H and O–H groups in total. The molecular formula is C14H22N2. The van der Waals surface area contributed by atoms with Crippen molar-refractivity contribution < 1.29 is 0 Å². The summed E-state index contributed by atoms with van der Waals surface area (Å²) < 4.78 is 0. The number of hydrogen-bond donors (Lipinski definition) is 1. The Morgan fingerprint density at radius 1 is 1.31 bits per heavy atom. The summed E-state index contributed by atoms with van der Waals surface area (Å²) in [6.07, 6.45) is 0. The van der Waals surface area contributed by atoms with Gasteiger partial charge in [-0.3, -0.25) is 4.90 Å². The maximum absolute atomic E-state index is 3.55. The van der Waals surface area contributed by atoms with Crippen LogP contribution < -0.4 is 5.32 Å². The molecule has 1 fully saturated rings. The molecule has 1 heterocycles. The van der Waals surface area contributed by atoms with Crippen LogP contribution >= 0.6 is 0 Å². The zero-order valence-corrected chi connectivity index (χ0v) is 10.5. The van der Waals surface area contributed by atoms with Crippen LogP contribution in [0.5, 0.6) is 0 Å². The van der Waals surface area contributed by atoms with Crippen LogP contribution in [-0.2, 0) is 6.54 Å². The highest BCUT2D eigenvalue weighted by Crippen LogP contribution is 2.21. The molecule has 2 rings (SSSR count). The Bertz CT molecular complexity index is 332. The molecule has 0 amide bonds. The van der Waals surface area contributed by atoms with Gasteiger partial charge in [-0.2, -0.15) is 0 Å². The van der Waals surface area contributed by atoms with E-state index in [-0.39, 0.29) is 5.54 Å². The number of benzene rings is 1. The summed E-state index contributed by atoms with van der Waals surface area (Å²) in [4.78, 5) is 2.57. The molecule has 1 aliphatic heterocycles. The predicted molar refractivity (Wildman–Crippen MR) is 68.4 cm³/mol. The van der Waals surface area contributed by atoms with Gasteiger partial charge in [0, 0.05) is 31.2 Å². The van der Waals surface area contributed by atoms with E-state index in [4.69, 9.17) is 0 Å². The fourth-order valence-electron chi connectivity index (χ4n) is 2.26. The maximum atomic E-state index is 3.55. The Morgan fingerprint density at radius 3 is 2.69 bits per heavy atom. The largest absolute Gasteiger partial charge is 0.311 e. The van der Waals surface area contributed by atoms with Gasteiger partial charge < -0.3 is 5.32 Å². The summed E-state index contributed by atoms with van der Waals surface area (Å²) in [7, 11) is 0. The quantitative estimate of drug-likeness (QED) is 0.819. The van der Waals surface area contributed by atoms with E-state index in [1.54, 1.807) is 0 Å². The van der Waals surface area contributed by atoms with Gasteiger partial charge in [0.25, 0.3) is 0 Å². The molecule has 1 atom stereocenters. The Hall–Kier alpha value is -0.860. The van der Waals surface area contributed by atoms with Gasteiger partial charge in [0.15, 0.2) is 0 Å². The van der Waals surface area contributed by atoms with Crippen molar-refractivity contribution in [2.24, 2.45) is 0 Å².